The van der Waals surface area contributed by atoms with E-state index in [1.54, 1.807) is 12.1 Å². The van der Waals surface area contributed by atoms with Crippen molar-refractivity contribution in [3.63, 3.8) is 0 Å². The van der Waals surface area contributed by atoms with Gasteiger partial charge in [0.05, 0.1) is 64.2 Å². The summed E-state index contributed by atoms with van der Waals surface area (Å²) in [4.78, 5) is 23.5. The Hall–Kier alpha value is -3.82. The molecule has 4 N–H and O–H groups in total. The van der Waals surface area contributed by atoms with E-state index >= 15 is 0 Å². The maximum atomic E-state index is 11.8. The van der Waals surface area contributed by atoms with Crippen LogP contribution in [0.15, 0.2) is 24.3 Å². The van der Waals surface area contributed by atoms with E-state index in [9.17, 15) is 9.59 Å². The van der Waals surface area contributed by atoms with Crippen LogP contribution in [0, 0.1) is 0 Å². The molecule has 0 amide bonds. The fourth-order valence-corrected chi connectivity index (χ4v) is 3.01. The van der Waals surface area contributed by atoms with Crippen molar-refractivity contribution in [3.05, 3.63) is 35.4 Å². The summed E-state index contributed by atoms with van der Waals surface area (Å²) in [6.07, 6.45) is 2.34. The second-order valence-electron chi connectivity index (χ2n) is 6.92. The third kappa shape index (κ3) is 6.58. The zero-order chi connectivity index (χ0) is 24.4. The zero-order valence-electron chi connectivity index (χ0n) is 19.3. The van der Waals surface area contributed by atoms with Crippen LogP contribution in [0.3, 0.4) is 0 Å². The molecule has 0 spiro atoms. The van der Waals surface area contributed by atoms with Crippen LogP contribution in [0.5, 0.6) is 23.0 Å². The molecule has 0 saturated carbocycles. The average Bonchev–Trinajstić information content (AvgIpc) is 2.82. The number of esters is 2. The zero-order valence-corrected chi connectivity index (χ0v) is 19.3. The van der Waals surface area contributed by atoms with Crippen LogP contribution >= 0.6 is 0 Å². The number of unbranched alkanes of at least 4 members (excludes halogenated alkanes) is 2. The quantitative estimate of drug-likeness (QED) is 0.274. The van der Waals surface area contributed by atoms with Gasteiger partial charge in [0.25, 0.3) is 0 Å². The van der Waals surface area contributed by atoms with Gasteiger partial charge in [-0.1, -0.05) is 0 Å². The number of benzene rings is 2. The van der Waals surface area contributed by atoms with Crippen molar-refractivity contribution in [3.8, 4) is 23.0 Å². The minimum absolute atomic E-state index is 0.217. The first-order valence-corrected chi connectivity index (χ1v) is 10.2. The number of nitrogen functional groups attached to an aromatic ring is 2. The molecule has 2 aromatic carbocycles. The Morgan fingerprint density at radius 3 is 1.36 bits per heavy atom. The highest BCUT2D eigenvalue weighted by Gasteiger charge is 2.17. The Balaban J connectivity index is 1.83. The third-order valence-corrected chi connectivity index (χ3v) is 4.79. The first-order valence-electron chi connectivity index (χ1n) is 10.2. The number of hydrogen-bond acceptors (Lipinski definition) is 10. The summed E-state index contributed by atoms with van der Waals surface area (Å²) in [6, 6.07) is 6.08. The number of anilines is 2. The lowest BCUT2D eigenvalue weighted by atomic mass is 10.1. The summed E-state index contributed by atoms with van der Waals surface area (Å²) in [5.74, 6) is 0.599. The van der Waals surface area contributed by atoms with Gasteiger partial charge in [0, 0.05) is 24.3 Å². The molecule has 2 rings (SSSR count). The third-order valence-electron chi connectivity index (χ3n) is 4.79. The Morgan fingerprint density at radius 2 is 1.03 bits per heavy atom. The summed E-state index contributed by atoms with van der Waals surface area (Å²) in [5.41, 5.74) is 12.8. The fraction of sp³-hybridized carbons (Fsp3) is 0.391. The van der Waals surface area contributed by atoms with E-state index in [-0.39, 0.29) is 22.5 Å². The van der Waals surface area contributed by atoms with E-state index < -0.39 is 11.9 Å². The van der Waals surface area contributed by atoms with Crippen LogP contribution in [0.2, 0.25) is 0 Å². The number of methoxy groups -OCH3 is 4. The molecule has 180 valence electrons. The van der Waals surface area contributed by atoms with Crippen molar-refractivity contribution in [2.75, 3.05) is 53.1 Å². The predicted molar refractivity (Wildman–Crippen MR) is 122 cm³/mol. The second kappa shape index (κ2) is 12.3. The van der Waals surface area contributed by atoms with Crippen LogP contribution in [-0.2, 0) is 9.47 Å². The standard InChI is InChI=1S/C23H30N2O8/c1-28-18-10-14(22(26)30-3)16(24)12-20(18)32-8-6-5-7-9-33-21-13-17(25)15(23(27)31-4)11-19(21)29-2/h10-13H,5-9,24-25H2,1-4H3. The van der Waals surface area contributed by atoms with Gasteiger partial charge in [0.15, 0.2) is 23.0 Å². The lowest BCUT2D eigenvalue weighted by Crippen LogP contribution is -2.08. The van der Waals surface area contributed by atoms with Crippen molar-refractivity contribution in [1.29, 1.82) is 0 Å². The number of carbonyl (C=O) groups is 2. The molecule has 0 unspecified atom stereocenters. The van der Waals surface area contributed by atoms with Gasteiger partial charge in [0.2, 0.25) is 0 Å². The number of hydrogen-bond donors (Lipinski definition) is 2. The van der Waals surface area contributed by atoms with E-state index in [1.807, 2.05) is 0 Å². The minimum atomic E-state index is -0.546. The Kier molecular flexibility index (Phi) is 9.46. The summed E-state index contributed by atoms with van der Waals surface area (Å²) in [5, 5.41) is 0. The maximum absolute atomic E-state index is 11.8. The van der Waals surface area contributed by atoms with Crippen molar-refractivity contribution < 1.29 is 38.0 Å². The van der Waals surface area contributed by atoms with E-state index in [2.05, 4.69) is 0 Å². The molecule has 0 radical (unpaired) electrons. The van der Waals surface area contributed by atoms with Crippen LogP contribution in [0.4, 0.5) is 11.4 Å². The average molecular weight is 462 g/mol. The van der Waals surface area contributed by atoms with Gasteiger partial charge in [-0.15, -0.1) is 0 Å². The molecule has 0 atom stereocenters. The Morgan fingerprint density at radius 1 is 0.636 bits per heavy atom. The predicted octanol–water partition coefficient (Wildman–Crippen LogP) is 3.07. The van der Waals surface area contributed by atoms with Crippen LogP contribution < -0.4 is 30.4 Å². The van der Waals surface area contributed by atoms with Gasteiger partial charge < -0.3 is 39.9 Å². The molecular formula is C23H30N2O8. The first kappa shape index (κ1) is 25.4. The molecule has 0 fully saturated rings. The number of ether oxygens (including phenoxy) is 6. The van der Waals surface area contributed by atoms with Crippen molar-refractivity contribution in [2.24, 2.45) is 0 Å². The molecule has 2 aromatic rings. The van der Waals surface area contributed by atoms with E-state index in [1.165, 1.54) is 40.6 Å². The molecule has 0 aliphatic heterocycles. The van der Waals surface area contributed by atoms with E-state index in [4.69, 9.17) is 39.9 Å². The van der Waals surface area contributed by atoms with Crippen LogP contribution in [-0.4, -0.2) is 53.6 Å². The van der Waals surface area contributed by atoms with Gasteiger partial charge in [-0.3, -0.25) is 0 Å². The second-order valence-corrected chi connectivity index (χ2v) is 6.92. The summed E-state index contributed by atoms with van der Waals surface area (Å²) in [6.45, 7) is 0.856. The molecule has 10 heteroatoms. The topological polar surface area (TPSA) is 142 Å². The van der Waals surface area contributed by atoms with Crippen molar-refractivity contribution in [2.45, 2.75) is 19.3 Å². The highest BCUT2D eigenvalue weighted by atomic mass is 16.5. The monoisotopic (exact) mass is 462 g/mol. The molecule has 0 saturated heterocycles. The molecule has 33 heavy (non-hydrogen) atoms. The lowest BCUT2D eigenvalue weighted by Gasteiger charge is -2.14. The smallest absolute Gasteiger partial charge is 0.340 e. The normalized spacial score (nSPS) is 10.3. The highest BCUT2D eigenvalue weighted by molar-refractivity contribution is 5.96. The minimum Gasteiger partial charge on any atom is -0.493 e. The molecule has 0 aliphatic rings. The molecular weight excluding hydrogens is 432 g/mol. The summed E-state index contributed by atoms with van der Waals surface area (Å²) < 4.78 is 31.5. The van der Waals surface area contributed by atoms with Gasteiger partial charge in [-0.25, -0.2) is 9.59 Å². The maximum Gasteiger partial charge on any atom is 0.340 e. The Labute approximate surface area is 192 Å². The number of rotatable bonds is 12. The molecule has 0 bridgehead atoms. The van der Waals surface area contributed by atoms with Crippen LogP contribution in [0.1, 0.15) is 40.0 Å². The summed E-state index contributed by atoms with van der Waals surface area (Å²) in [7, 11) is 5.53. The SMILES string of the molecule is COC(=O)c1cc(OC)c(OCCCCCOc2cc(N)c(C(=O)OC)cc2OC)cc1N. The van der Waals surface area contributed by atoms with Gasteiger partial charge >= 0.3 is 11.9 Å². The van der Waals surface area contributed by atoms with Gasteiger partial charge in [-0.05, 0) is 19.3 Å². The van der Waals surface area contributed by atoms with Crippen LogP contribution in [0.25, 0.3) is 0 Å². The molecule has 0 aliphatic carbocycles. The number of nitrogens with two attached hydrogens (primary N) is 2. The van der Waals surface area contributed by atoms with Crippen molar-refractivity contribution >= 4 is 23.3 Å². The van der Waals surface area contributed by atoms with Gasteiger partial charge in [-0.2, -0.15) is 0 Å². The number of carbonyl (C=O) groups excluding carboxylic acids is 2. The summed E-state index contributed by atoms with van der Waals surface area (Å²) >= 11 is 0. The molecule has 0 heterocycles. The molecule has 10 nitrogen and oxygen atoms in total. The van der Waals surface area contributed by atoms with Crippen molar-refractivity contribution in [1.82, 2.24) is 0 Å². The molecule has 0 aromatic heterocycles. The Bertz CT molecular complexity index is 900. The van der Waals surface area contributed by atoms with E-state index in [0.717, 1.165) is 19.3 Å². The lowest BCUT2D eigenvalue weighted by molar-refractivity contribution is 0.0592. The highest BCUT2D eigenvalue weighted by Crippen LogP contribution is 2.34. The fourth-order valence-electron chi connectivity index (χ4n) is 3.01. The largest absolute Gasteiger partial charge is 0.493 e. The van der Waals surface area contributed by atoms with E-state index in [0.29, 0.717) is 36.2 Å². The van der Waals surface area contributed by atoms with Gasteiger partial charge in [0.1, 0.15) is 0 Å². The first-order chi connectivity index (χ1) is 15.9.